The molecule has 114 valence electrons. The Balaban J connectivity index is 1.85. The molecule has 0 atom stereocenters. The van der Waals surface area contributed by atoms with Gasteiger partial charge in [0.2, 0.25) is 0 Å². The molecule has 0 spiro atoms. The van der Waals surface area contributed by atoms with E-state index in [4.69, 9.17) is 11.6 Å². The summed E-state index contributed by atoms with van der Waals surface area (Å²) in [4.78, 5) is 11.5. The van der Waals surface area contributed by atoms with Gasteiger partial charge in [0, 0.05) is 34.2 Å². The second kappa shape index (κ2) is 5.40. The summed E-state index contributed by atoms with van der Waals surface area (Å²) < 4.78 is 1.79. The lowest BCUT2D eigenvalue weighted by molar-refractivity contribution is -0.387. The number of rotatable bonds is 2. The number of benzene rings is 2. The number of halogens is 1. The van der Waals surface area contributed by atoms with Gasteiger partial charge in [-0.1, -0.05) is 23.7 Å². The first-order chi connectivity index (χ1) is 11.1. The molecule has 0 amide bonds. The van der Waals surface area contributed by atoms with Crippen LogP contribution < -0.4 is 0 Å². The number of fused-ring (bicyclic) bond motifs is 3. The Bertz CT molecular complexity index is 922. The molecule has 1 aliphatic heterocycles. The Labute approximate surface area is 141 Å². The summed E-state index contributed by atoms with van der Waals surface area (Å²) >= 11 is 7.40. The summed E-state index contributed by atoms with van der Waals surface area (Å²) in [6.45, 7) is 0. The highest BCUT2D eigenvalue weighted by Gasteiger charge is 2.27. The van der Waals surface area contributed by atoms with Gasteiger partial charge in [0.25, 0.3) is 5.69 Å². The Morgan fingerprint density at radius 3 is 2.74 bits per heavy atom. The average molecular weight is 344 g/mol. The number of nitro benzene ring substituents is 1. The fraction of sp³-hybridized carbons (Fsp3) is 0.0625. The molecular weight excluding hydrogens is 334 g/mol. The van der Waals surface area contributed by atoms with Crippen LogP contribution in [0.15, 0.2) is 53.6 Å². The molecule has 0 radical (unpaired) electrons. The van der Waals surface area contributed by atoms with Crippen LogP contribution in [0.25, 0.3) is 16.9 Å². The zero-order valence-corrected chi connectivity index (χ0v) is 13.3. The van der Waals surface area contributed by atoms with E-state index in [9.17, 15) is 10.1 Å². The minimum atomic E-state index is -0.340. The van der Waals surface area contributed by atoms with Crippen molar-refractivity contribution < 1.29 is 4.92 Å². The first kappa shape index (κ1) is 14.3. The zero-order chi connectivity index (χ0) is 16.0. The van der Waals surface area contributed by atoms with Gasteiger partial charge >= 0.3 is 0 Å². The van der Waals surface area contributed by atoms with E-state index in [1.54, 1.807) is 10.7 Å². The number of nitro groups is 1. The highest BCUT2D eigenvalue weighted by molar-refractivity contribution is 7.98. The van der Waals surface area contributed by atoms with Crippen LogP contribution in [0.5, 0.6) is 0 Å². The summed E-state index contributed by atoms with van der Waals surface area (Å²) in [5.74, 6) is 0.667. The van der Waals surface area contributed by atoms with E-state index >= 15 is 0 Å². The van der Waals surface area contributed by atoms with Crippen molar-refractivity contribution in [2.75, 3.05) is 0 Å². The van der Waals surface area contributed by atoms with Gasteiger partial charge in [0.15, 0.2) is 0 Å². The van der Waals surface area contributed by atoms with Crippen LogP contribution >= 0.6 is 23.4 Å². The largest absolute Gasteiger partial charge is 0.283 e. The SMILES string of the molecule is O=[N+]([O-])c1cccc2c1SCc1cn(-c3ccc(Cl)cc3)nc1-2. The Kier molecular flexibility index (Phi) is 3.36. The number of aromatic nitrogens is 2. The van der Waals surface area contributed by atoms with Gasteiger partial charge in [-0.3, -0.25) is 10.1 Å². The third kappa shape index (κ3) is 2.40. The van der Waals surface area contributed by atoms with Crippen molar-refractivity contribution >= 4 is 29.1 Å². The first-order valence-electron chi connectivity index (χ1n) is 6.88. The van der Waals surface area contributed by atoms with E-state index in [-0.39, 0.29) is 10.6 Å². The van der Waals surface area contributed by atoms with E-state index in [2.05, 4.69) is 5.10 Å². The molecule has 2 heterocycles. The highest BCUT2D eigenvalue weighted by Crippen LogP contribution is 2.45. The molecule has 0 saturated carbocycles. The van der Waals surface area contributed by atoms with E-state index in [1.807, 2.05) is 36.5 Å². The fourth-order valence-electron chi connectivity index (χ4n) is 2.62. The van der Waals surface area contributed by atoms with Crippen molar-refractivity contribution in [1.29, 1.82) is 0 Å². The highest BCUT2D eigenvalue weighted by atomic mass is 35.5. The molecule has 0 saturated heterocycles. The van der Waals surface area contributed by atoms with E-state index in [1.165, 1.54) is 17.8 Å². The van der Waals surface area contributed by atoms with Crippen molar-refractivity contribution in [3.63, 3.8) is 0 Å². The molecular formula is C16H10ClN3O2S. The number of nitrogens with zero attached hydrogens (tertiary/aromatic N) is 3. The van der Waals surface area contributed by atoms with Gasteiger partial charge in [0.05, 0.1) is 21.2 Å². The molecule has 0 bridgehead atoms. The minimum Gasteiger partial charge on any atom is -0.258 e. The lowest BCUT2D eigenvalue weighted by Gasteiger charge is -2.13. The van der Waals surface area contributed by atoms with E-state index in [0.29, 0.717) is 15.7 Å². The van der Waals surface area contributed by atoms with Crippen molar-refractivity contribution in [2.45, 2.75) is 10.6 Å². The third-order valence-electron chi connectivity index (χ3n) is 3.70. The molecule has 0 unspecified atom stereocenters. The Morgan fingerprint density at radius 1 is 1.22 bits per heavy atom. The average Bonchev–Trinajstić information content (AvgIpc) is 2.99. The van der Waals surface area contributed by atoms with Gasteiger partial charge in [-0.2, -0.15) is 5.10 Å². The second-order valence-electron chi connectivity index (χ2n) is 5.12. The van der Waals surface area contributed by atoms with E-state index in [0.717, 1.165) is 22.5 Å². The molecule has 1 aromatic heterocycles. The Morgan fingerprint density at radius 2 is 2.00 bits per heavy atom. The maximum absolute atomic E-state index is 11.2. The first-order valence-corrected chi connectivity index (χ1v) is 8.25. The quantitative estimate of drug-likeness (QED) is 0.499. The molecule has 0 aliphatic carbocycles. The normalized spacial score (nSPS) is 12.6. The molecule has 4 rings (SSSR count). The molecule has 0 fully saturated rings. The maximum Gasteiger partial charge on any atom is 0.283 e. The lowest BCUT2D eigenvalue weighted by atomic mass is 10.1. The molecule has 2 aromatic carbocycles. The van der Waals surface area contributed by atoms with Crippen molar-refractivity contribution in [2.24, 2.45) is 0 Å². The number of hydrogen-bond donors (Lipinski definition) is 0. The van der Waals surface area contributed by atoms with Crippen molar-refractivity contribution in [3.8, 4) is 16.9 Å². The number of hydrogen-bond acceptors (Lipinski definition) is 4. The molecule has 1 aliphatic rings. The van der Waals surface area contributed by atoms with Gasteiger partial charge in [-0.05, 0) is 24.3 Å². The van der Waals surface area contributed by atoms with Gasteiger partial charge in [-0.15, -0.1) is 11.8 Å². The summed E-state index contributed by atoms with van der Waals surface area (Å²) in [5.41, 5.74) is 3.73. The predicted octanol–water partition coefficient (Wildman–Crippen LogP) is 4.71. The van der Waals surface area contributed by atoms with Crippen LogP contribution in [0.1, 0.15) is 5.56 Å². The second-order valence-corrected chi connectivity index (χ2v) is 6.55. The smallest absolute Gasteiger partial charge is 0.258 e. The summed E-state index contributed by atoms with van der Waals surface area (Å²) in [7, 11) is 0. The minimum absolute atomic E-state index is 0.138. The van der Waals surface area contributed by atoms with Gasteiger partial charge in [-0.25, -0.2) is 4.68 Å². The Hall–Kier alpha value is -2.31. The molecule has 5 nitrogen and oxygen atoms in total. The van der Waals surface area contributed by atoms with Gasteiger partial charge in [0.1, 0.15) is 0 Å². The topological polar surface area (TPSA) is 61.0 Å². The standard InChI is InChI=1S/C16H10ClN3O2S/c17-11-4-6-12(7-5-11)19-8-10-9-23-16-13(15(10)18-19)2-1-3-14(16)20(21)22/h1-8H,9H2. The predicted molar refractivity (Wildman–Crippen MR) is 90.2 cm³/mol. The summed E-state index contributed by atoms with van der Waals surface area (Å²) in [5, 5.41) is 16.5. The molecule has 0 N–H and O–H groups in total. The number of thioether (sulfide) groups is 1. The lowest BCUT2D eigenvalue weighted by Crippen LogP contribution is -1.99. The molecule has 23 heavy (non-hydrogen) atoms. The monoisotopic (exact) mass is 343 g/mol. The zero-order valence-electron chi connectivity index (χ0n) is 11.8. The van der Waals surface area contributed by atoms with Crippen LogP contribution in [0.2, 0.25) is 5.02 Å². The summed E-state index contributed by atoms with van der Waals surface area (Å²) in [6, 6.07) is 12.5. The van der Waals surface area contributed by atoms with Crippen LogP contribution in [-0.2, 0) is 5.75 Å². The summed E-state index contributed by atoms with van der Waals surface area (Å²) in [6.07, 6.45) is 1.97. The van der Waals surface area contributed by atoms with Gasteiger partial charge < -0.3 is 0 Å². The molecule has 7 heteroatoms. The van der Waals surface area contributed by atoms with E-state index < -0.39 is 0 Å². The molecule has 3 aromatic rings. The van der Waals surface area contributed by atoms with Crippen molar-refractivity contribution in [3.05, 3.63) is 69.4 Å². The maximum atomic E-state index is 11.2. The van der Waals surface area contributed by atoms with Crippen molar-refractivity contribution in [1.82, 2.24) is 9.78 Å². The van der Waals surface area contributed by atoms with Crippen LogP contribution in [0.3, 0.4) is 0 Å². The fourth-order valence-corrected chi connectivity index (χ4v) is 3.87. The van der Waals surface area contributed by atoms with Crippen LogP contribution in [0, 0.1) is 10.1 Å². The third-order valence-corrected chi connectivity index (χ3v) is 5.12. The van der Waals surface area contributed by atoms with Crippen LogP contribution in [-0.4, -0.2) is 14.7 Å². The van der Waals surface area contributed by atoms with Crippen LogP contribution in [0.4, 0.5) is 5.69 Å².